The molecule has 0 aliphatic heterocycles. The highest BCUT2D eigenvalue weighted by Crippen LogP contribution is 2.22. The maximum atomic E-state index is 13.6. The van der Waals surface area contributed by atoms with Gasteiger partial charge in [-0.15, -0.1) is 0 Å². The van der Waals surface area contributed by atoms with Crippen LogP contribution in [0.2, 0.25) is 0 Å². The number of nitrogen functional groups attached to an aromatic ring is 1. The van der Waals surface area contributed by atoms with Gasteiger partial charge in [0.05, 0.1) is 6.10 Å². The van der Waals surface area contributed by atoms with Crippen molar-refractivity contribution in [3.8, 4) is 0 Å². The molecule has 0 saturated heterocycles. The molecule has 0 unspecified atom stereocenters. The van der Waals surface area contributed by atoms with Crippen LogP contribution in [0.3, 0.4) is 0 Å². The Labute approximate surface area is 111 Å². The highest BCUT2D eigenvalue weighted by atomic mass is 32.2. The average molecular weight is 288 g/mol. The van der Waals surface area contributed by atoms with Gasteiger partial charge in [-0.3, -0.25) is 0 Å². The molecule has 1 aliphatic rings. The van der Waals surface area contributed by atoms with E-state index in [9.17, 15) is 17.9 Å². The predicted octanol–water partition coefficient (Wildman–Crippen LogP) is 0.990. The van der Waals surface area contributed by atoms with E-state index in [1.165, 1.54) is 6.07 Å². The van der Waals surface area contributed by atoms with Crippen LogP contribution >= 0.6 is 0 Å². The van der Waals surface area contributed by atoms with Gasteiger partial charge >= 0.3 is 0 Å². The first kappa shape index (κ1) is 14.2. The molecule has 0 bridgehead atoms. The van der Waals surface area contributed by atoms with Crippen molar-refractivity contribution >= 4 is 15.7 Å². The Morgan fingerprint density at radius 3 is 2.53 bits per heavy atom. The van der Waals surface area contributed by atoms with Crippen LogP contribution in [-0.2, 0) is 10.0 Å². The van der Waals surface area contributed by atoms with Gasteiger partial charge in [0.1, 0.15) is 10.7 Å². The fourth-order valence-corrected chi connectivity index (χ4v) is 3.62. The van der Waals surface area contributed by atoms with E-state index in [0.29, 0.717) is 25.7 Å². The molecule has 1 aromatic rings. The van der Waals surface area contributed by atoms with Crippen LogP contribution < -0.4 is 10.5 Å². The summed E-state index contributed by atoms with van der Waals surface area (Å²) in [6.45, 7) is 0. The maximum Gasteiger partial charge on any atom is 0.243 e. The lowest BCUT2D eigenvalue weighted by atomic mass is 9.94. The van der Waals surface area contributed by atoms with E-state index in [1.54, 1.807) is 0 Å². The van der Waals surface area contributed by atoms with E-state index in [0.717, 1.165) is 12.1 Å². The fourth-order valence-electron chi connectivity index (χ4n) is 2.20. The van der Waals surface area contributed by atoms with Crippen molar-refractivity contribution in [2.75, 3.05) is 5.73 Å². The van der Waals surface area contributed by atoms with Crippen molar-refractivity contribution in [3.63, 3.8) is 0 Å². The number of nitrogens with two attached hydrogens (primary N) is 1. The minimum Gasteiger partial charge on any atom is -0.399 e. The Morgan fingerprint density at radius 2 is 1.89 bits per heavy atom. The zero-order valence-electron chi connectivity index (χ0n) is 10.3. The van der Waals surface area contributed by atoms with E-state index >= 15 is 0 Å². The second kappa shape index (κ2) is 5.44. The van der Waals surface area contributed by atoms with Crippen molar-refractivity contribution in [1.82, 2.24) is 4.72 Å². The Balaban J connectivity index is 2.16. The van der Waals surface area contributed by atoms with Crippen molar-refractivity contribution in [2.24, 2.45) is 0 Å². The minimum atomic E-state index is -3.92. The molecule has 1 aromatic carbocycles. The molecule has 1 aliphatic carbocycles. The summed E-state index contributed by atoms with van der Waals surface area (Å²) in [5.41, 5.74) is 5.68. The molecular formula is C12H17FN2O3S. The van der Waals surface area contributed by atoms with Crippen LogP contribution in [-0.4, -0.2) is 25.7 Å². The first-order valence-electron chi connectivity index (χ1n) is 6.14. The Bertz CT molecular complexity index is 554. The molecule has 19 heavy (non-hydrogen) atoms. The third-order valence-electron chi connectivity index (χ3n) is 3.26. The molecule has 0 amide bonds. The van der Waals surface area contributed by atoms with Crippen LogP contribution in [0.1, 0.15) is 25.7 Å². The molecule has 0 spiro atoms. The topological polar surface area (TPSA) is 92.4 Å². The lowest BCUT2D eigenvalue weighted by Crippen LogP contribution is -2.38. The number of hydrogen-bond donors (Lipinski definition) is 3. The SMILES string of the molecule is Nc1ccc(F)c(S(=O)(=O)NC2CCC(O)CC2)c1. The van der Waals surface area contributed by atoms with E-state index < -0.39 is 20.7 Å². The molecule has 2 rings (SSSR count). The van der Waals surface area contributed by atoms with E-state index in [-0.39, 0.29) is 17.8 Å². The third kappa shape index (κ3) is 3.43. The normalized spacial score (nSPS) is 24.3. The zero-order chi connectivity index (χ0) is 14.0. The lowest BCUT2D eigenvalue weighted by molar-refractivity contribution is 0.120. The maximum absolute atomic E-state index is 13.6. The first-order chi connectivity index (χ1) is 8.88. The molecule has 0 radical (unpaired) electrons. The van der Waals surface area contributed by atoms with Crippen LogP contribution in [0.5, 0.6) is 0 Å². The third-order valence-corrected chi connectivity index (χ3v) is 4.80. The summed E-state index contributed by atoms with van der Waals surface area (Å²) in [5.74, 6) is -0.822. The summed E-state index contributed by atoms with van der Waals surface area (Å²) in [5, 5.41) is 9.37. The Kier molecular flexibility index (Phi) is 4.07. The van der Waals surface area contributed by atoms with Crippen LogP contribution in [0, 0.1) is 5.82 Å². The number of hydrogen-bond acceptors (Lipinski definition) is 4. The van der Waals surface area contributed by atoms with E-state index in [2.05, 4.69) is 4.72 Å². The molecule has 4 N–H and O–H groups in total. The van der Waals surface area contributed by atoms with Crippen molar-refractivity contribution in [2.45, 2.75) is 42.7 Å². The number of aliphatic hydroxyl groups is 1. The predicted molar refractivity (Wildman–Crippen MR) is 69.4 cm³/mol. The molecule has 0 aromatic heterocycles. The average Bonchev–Trinajstić information content (AvgIpc) is 2.35. The van der Waals surface area contributed by atoms with Gasteiger partial charge in [-0.1, -0.05) is 0 Å². The monoisotopic (exact) mass is 288 g/mol. The second-order valence-electron chi connectivity index (χ2n) is 4.82. The molecule has 7 heteroatoms. The van der Waals surface area contributed by atoms with Gasteiger partial charge in [0.25, 0.3) is 0 Å². The van der Waals surface area contributed by atoms with Crippen LogP contribution in [0.4, 0.5) is 10.1 Å². The number of rotatable bonds is 3. The summed E-state index contributed by atoms with van der Waals surface area (Å²) >= 11 is 0. The van der Waals surface area contributed by atoms with Gasteiger partial charge in [0.2, 0.25) is 10.0 Å². The van der Waals surface area contributed by atoms with Gasteiger partial charge in [-0.25, -0.2) is 17.5 Å². The second-order valence-corrected chi connectivity index (χ2v) is 6.50. The number of aliphatic hydroxyl groups excluding tert-OH is 1. The van der Waals surface area contributed by atoms with Gasteiger partial charge in [0.15, 0.2) is 0 Å². The van der Waals surface area contributed by atoms with E-state index in [4.69, 9.17) is 5.73 Å². The quantitative estimate of drug-likeness (QED) is 0.723. The fraction of sp³-hybridized carbons (Fsp3) is 0.500. The van der Waals surface area contributed by atoms with Crippen molar-refractivity contribution < 1.29 is 17.9 Å². The summed E-state index contributed by atoms with van der Waals surface area (Å²) in [6.07, 6.45) is 1.82. The summed E-state index contributed by atoms with van der Waals surface area (Å²) in [4.78, 5) is -0.432. The lowest BCUT2D eigenvalue weighted by Gasteiger charge is -2.26. The van der Waals surface area contributed by atoms with Gasteiger partial charge in [0, 0.05) is 11.7 Å². The van der Waals surface area contributed by atoms with Crippen LogP contribution in [0.15, 0.2) is 23.1 Å². The number of sulfonamides is 1. The van der Waals surface area contributed by atoms with Gasteiger partial charge in [-0.2, -0.15) is 0 Å². The number of nitrogens with one attached hydrogen (secondary N) is 1. The molecule has 0 heterocycles. The smallest absolute Gasteiger partial charge is 0.243 e. The molecule has 5 nitrogen and oxygen atoms in total. The minimum absolute atomic E-state index is 0.195. The summed E-state index contributed by atoms with van der Waals surface area (Å²) < 4.78 is 40.2. The van der Waals surface area contributed by atoms with Crippen molar-refractivity contribution in [3.05, 3.63) is 24.0 Å². The number of benzene rings is 1. The molecular weight excluding hydrogens is 271 g/mol. The zero-order valence-corrected chi connectivity index (χ0v) is 11.2. The number of anilines is 1. The highest BCUT2D eigenvalue weighted by molar-refractivity contribution is 7.89. The van der Waals surface area contributed by atoms with Gasteiger partial charge in [-0.05, 0) is 43.9 Å². The molecule has 1 fully saturated rings. The number of halogens is 1. The summed E-state index contributed by atoms with van der Waals surface area (Å²) in [7, 11) is -3.92. The highest BCUT2D eigenvalue weighted by Gasteiger charge is 2.26. The van der Waals surface area contributed by atoms with E-state index in [1.807, 2.05) is 0 Å². The van der Waals surface area contributed by atoms with Gasteiger partial charge < -0.3 is 10.8 Å². The Morgan fingerprint density at radius 1 is 1.26 bits per heavy atom. The molecule has 106 valence electrons. The Hall–Kier alpha value is -1.18. The van der Waals surface area contributed by atoms with Crippen LogP contribution in [0.25, 0.3) is 0 Å². The standard InChI is InChI=1S/C12H17FN2O3S/c13-11-6-1-8(14)7-12(11)19(17,18)15-9-2-4-10(16)5-3-9/h1,6-7,9-10,15-16H,2-5,14H2. The largest absolute Gasteiger partial charge is 0.399 e. The molecule has 1 saturated carbocycles. The van der Waals surface area contributed by atoms with Crippen molar-refractivity contribution in [1.29, 1.82) is 0 Å². The summed E-state index contributed by atoms with van der Waals surface area (Å²) in [6, 6.07) is 3.18. The first-order valence-corrected chi connectivity index (χ1v) is 7.62. The molecule has 0 atom stereocenters.